The van der Waals surface area contributed by atoms with Crippen LogP contribution in [-0.2, 0) is 14.8 Å². The molecule has 0 atom stereocenters. The summed E-state index contributed by atoms with van der Waals surface area (Å²) in [6.07, 6.45) is 1.94. The normalized spacial score (nSPS) is 15.6. The molecule has 1 saturated carbocycles. The maximum absolute atomic E-state index is 12.6. The molecule has 1 aliphatic rings. The lowest BCUT2D eigenvalue weighted by atomic mass is 10.1. The van der Waals surface area contributed by atoms with E-state index in [4.69, 9.17) is 5.11 Å². The van der Waals surface area contributed by atoms with Crippen LogP contribution in [0.15, 0.2) is 23.1 Å². The number of carboxylic acid groups (broad SMARTS) is 1. The van der Waals surface area contributed by atoms with Crippen LogP contribution in [-0.4, -0.2) is 36.9 Å². The van der Waals surface area contributed by atoms with Crippen LogP contribution < -0.4 is 0 Å². The van der Waals surface area contributed by atoms with E-state index >= 15 is 0 Å². The largest absolute Gasteiger partial charge is 0.480 e. The van der Waals surface area contributed by atoms with Gasteiger partial charge in [-0.15, -0.1) is 0 Å². The van der Waals surface area contributed by atoms with Gasteiger partial charge in [0.25, 0.3) is 0 Å². The Morgan fingerprint density at radius 1 is 1.30 bits per heavy atom. The van der Waals surface area contributed by atoms with Crippen molar-refractivity contribution in [2.75, 3.05) is 13.1 Å². The Bertz CT molecular complexity index is 620. The molecular formula is C14H19NO4S. The summed E-state index contributed by atoms with van der Waals surface area (Å²) in [7, 11) is -3.74. The summed E-state index contributed by atoms with van der Waals surface area (Å²) in [6, 6.07) is 4.89. The van der Waals surface area contributed by atoms with E-state index in [1.54, 1.807) is 18.2 Å². The van der Waals surface area contributed by atoms with Crippen molar-refractivity contribution in [2.24, 2.45) is 5.92 Å². The second-order valence-corrected chi connectivity index (χ2v) is 7.32. The number of carbonyl (C=O) groups is 1. The minimum atomic E-state index is -3.74. The Morgan fingerprint density at radius 2 is 1.95 bits per heavy atom. The molecule has 5 nitrogen and oxygen atoms in total. The van der Waals surface area contributed by atoms with Gasteiger partial charge in [-0.3, -0.25) is 4.79 Å². The van der Waals surface area contributed by atoms with Gasteiger partial charge in [0, 0.05) is 6.54 Å². The van der Waals surface area contributed by atoms with Crippen LogP contribution in [0.3, 0.4) is 0 Å². The minimum absolute atomic E-state index is 0.169. The van der Waals surface area contributed by atoms with Crippen molar-refractivity contribution in [2.45, 2.75) is 31.6 Å². The fourth-order valence-corrected chi connectivity index (χ4v) is 3.56. The Kier molecular flexibility index (Phi) is 4.15. The summed E-state index contributed by atoms with van der Waals surface area (Å²) in [5, 5.41) is 8.92. The maximum atomic E-state index is 12.6. The molecule has 6 heteroatoms. The van der Waals surface area contributed by atoms with Gasteiger partial charge in [-0.2, -0.15) is 4.31 Å². The first-order chi connectivity index (χ1) is 9.30. The third-order valence-corrected chi connectivity index (χ3v) is 5.39. The lowest BCUT2D eigenvalue weighted by Gasteiger charge is -2.20. The third-order valence-electron chi connectivity index (χ3n) is 3.59. The Hall–Kier alpha value is -1.40. The molecule has 0 saturated heterocycles. The zero-order valence-corrected chi connectivity index (χ0v) is 12.5. The lowest BCUT2D eigenvalue weighted by Crippen LogP contribution is -2.37. The molecule has 0 radical (unpaired) electrons. The number of aryl methyl sites for hydroxylation is 2. The van der Waals surface area contributed by atoms with E-state index in [-0.39, 0.29) is 4.90 Å². The smallest absolute Gasteiger partial charge is 0.318 e. The molecule has 0 aromatic heterocycles. The molecule has 0 unspecified atom stereocenters. The first-order valence-electron chi connectivity index (χ1n) is 6.60. The highest BCUT2D eigenvalue weighted by molar-refractivity contribution is 7.89. The van der Waals surface area contributed by atoms with Gasteiger partial charge < -0.3 is 5.11 Å². The average molecular weight is 297 g/mol. The van der Waals surface area contributed by atoms with Gasteiger partial charge in [-0.1, -0.05) is 6.07 Å². The highest BCUT2D eigenvalue weighted by Gasteiger charge is 2.33. The number of aliphatic carboxylic acids is 1. The zero-order chi connectivity index (χ0) is 14.9. The average Bonchev–Trinajstić information content (AvgIpc) is 3.15. The highest BCUT2D eigenvalue weighted by Crippen LogP contribution is 2.31. The molecule has 2 rings (SSSR count). The molecule has 0 amide bonds. The number of hydrogen-bond donors (Lipinski definition) is 1. The van der Waals surface area contributed by atoms with Crippen LogP contribution in [0.5, 0.6) is 0 Å². The second kappa shape index (κ2) is 5.54. The fraction of sp³-hybridized carbons (Fsp3) is 0.500. The van der Waals surface area contributed by atoms with E-state index in [1.807, 2.05) is 13.8 Å². The van der Waals surface area contributed by atoms with Gasteiger partial charge in [0.05, 0.1) is 4.90 Å². The molecule has 1 aliphatic carbocycles. The number of sulfonamides is 1. The molecule has 1 fully saturated rings. The van der Waals surface area contributed by atoms with Crippen molar-refractivity contribution in [3.63, 3.8) is 0 Å². The Labute approximate surface area is 119 Å². The predicted octanol–water partition coefficient (Wildman–Crippen LogP) is 1.79. The van der Waals surface area contributed by atoms with Gasteiger partial charge in [-0.05, 0) is 55.9 Å². The van der Waals surface area contributed by atoms with Crippen LogP contribution in [0.1, 0.15) is 24.0 Å². The molecule has 1 aromatic rings. The number of nitrogens with zero attached hydrogens (tertiary/aromatic N) is 1. The Morgan fingerprint density at radius 3 is 2.45 bits per heavy atom. The van der Waals surface area contributed by atoms with Crippen molar-refractivity contribution in [1.82, 2.24) is 4.31 Å². The van der Waals surface area contributed by atoms with Gasteiger partial charge in [0.1, 0.15) is 6.54 Å². The van der Waals surface area contributed by atoms with Crippen molar-refractivity contribution < 1.29 is 18.3 Å². The number of rotatable bonds is 6. The minimum Gasteiger partial charge on any atom is -0.480 e. The van der Waals surface area contributed by atoms with Gasteiger partial charge in [0.2, 0.25) is 10.0 Å². The van der Waals surface area contributed by atoms with Crippen LogP contribution in [0.25, 0.3) is 0 Å². The number of benzene rings is 1. The summed E-state index contributed by atoms with van der Waals surface area (Å²) in [4.78, 5) is 11.1. The highest BCUT2D eigenvalue weighted by atomic mass is 32.2. The number of carboxylic acids is 1. The maximum Gasteiger partial charge on any atom is 0.318 e. The van der Waals surface area contributed by atoms with Crippen molar-refractivity contribution >= 4 is 16.0 Å². The van der Waals surface area contributed by atoms with E-state index in [2.05, 4.69) is 0 Å². The standard InChI is InChI=1S/C14H19NO4S/c1-10-3-6-13(7-11(10)2)20(18,19)15(9-14(16)17)8-12-4-5-12/h3,6-7,12H,4-5,8-9H2,1-2H3,(H,16,17). The zero-order valence-electron chi connectivity index (χ0n) is 11.7. The van der Waals surface area contributed by atoms with E-state index in [9.17, 15) is 13.2 Å². The van der Waals surface area contributed by atoms with E-state index < -0.39 is 22.5 Å². The van der Waals surface area contributed by atoms with Crippen molar-refractivity contribution in [3.05, 3.63) is 29.3 Å². The van der Waals surface area contributed by atoms with Crippen molar-refractivity contribution in [3.8, 4) is 0 Å². The SMILES string of the molecule is Cc1ccc(S(=O)(=O)N(CC(=O)O)CC2CC2)cc1C. The third kappa shape index (κ3) is 3.37. The summed E-state index contributed by atoms with van der Waals surface area (Å²) in [5.74, 6) is -0.825. The van der Waals surface area contributed by atoms with Crippen molar-refractivity contribution in [1.29, 1.82) is 0 Å². The molecular weight excluding hydrogens is 278 g/mol. The quantitative estimate of drug-likeness (QED) is 0.868. The van der Waals surface area contributed by atoms with E-state index in [1.165, 1.54) is 0 Å². The van der Waals surface area contributed by atoms with Gasteiger partial charge >= 0.3 is 5.97 Å². The predicted molar refractivity (Wildman–Crippen MR) is 75.0 cm³/mol. The summed E-state index contributed by atoms with van der Waals surface area (Å²) in [6.45, 7) is 3.56. The van der Waals surface area contributed by atoms with Crippen LogP contribution >= 0.6 is 0 Å². The first-order valence-corrected chi connectivity index (χ1v) is 8.04. The molecule has 0 spiro atoms. The topological polar surface area (TPSA) is 74.7 Å². The van der Waals surface area contributed by atoms with E-state index in [0.29, 0.717) is 12.5 Å². The van der Waals surface area contributed by atoms with Crippen LogP contribution in [0.4, 0.5) is 0 Å². The monoisotopic (exact) mass is 297 g/mol. The first kappa shape index (κ1) is 15.0. The fourth-order valence-electron chi connectivity index (χ4n) is 2.01. The second-order valence-electron chi connectivity index (χ2n) is 5.38. The Balaban J connectivity index is 2.32. The van der Waals surface area contributed by atoms with Crippen LogP contribution in [0, 0.1) is 19.8 Å². The summed E-state index contributed by atoms with van der Waals surface area (Å²) >= 11 is 0. The summed E-state index contributed by atoms with van der Waals surface area (Å²) < 4.78 is 26.2. The number of hydrogen-bond acceptors (Lipinski definition) is 3. The molecule has 20 heavy (non-hydrogen) atoms. The summed E-state index contributed by atoms with van der Waals surface area (Å²) in [5.41, 5.74) is 1.89. The molecule has 1 N–H and O–H groups in total. The molecule has 0 bridgehead atoms. The molecule has 0 aliphatic heterocycles. The molecule has 0 heterocycles. The van der Waals surface area contributed by atoms with Crippen LogP contribution in [0.2, 0.25) is 0 Å². The van der Waals surface area contributed by atoms with Gasteiger partial charge in [-0.25, -0.2) is 8.42 Å². The van der Waals surface area contributed by atoms with E-state index in [0.717, 1.165) is 28.3 Å². The molecule has 1 aromatic carbocycles. The lowest BCUT2D eigenvalue weighted by molar-refractivity contribution is -0.137. The van der Waals surface area contributed by atoms with Gasteiger partial charge in [0.15, 0.2) is 0 Å². The molecule has 110 valence electrons.